The van der Waals surface area contributed by atoms with Gasteiger partial charge in [0.2, 0.25) is 0 Å². The van der Waals surface area contributed by atoms with Gasteiger partial charge in [0.05, 0.1) is 11.5 Å². The Morgan fingerprint density at radius 3 is 2.32 bits per heavy atom. The molecule has 3 rings (SSSR count). The standard InChI is InChI=1S/C16H23ClN2O2S/c1-2-7-18-8-9-19(10-13-3-5-14(17)6-4-13)16-12-22(20,21)11-15(16)18/h3-6,15-16H,2,7-12H2,1H3/t15-,16+/m1/s1. The van der Waals surface area contributed by atoms with Crippen LogP contribution >= 0.6 is 11.6 Å². The molecule has 2 heterocycles. The van der Waals surface area contributed by atoms with E-state index in [-0.39, 0.29) is 12.1 Å². The smallest absolute Gasteiger partial charge is 0.153 e. The van der Waals surface area contributed by atoms with E-state index in [2.05, 4.69) is 16.7 Å². The first-order valence-electron chi connectivity index (χ1n) is 7.91. The van der Waals surface area contributed by atoms with Crippen LogP contribution in [-0.4, -0.2) is 61.4 Å². The highest BCUT2D eigenvalue weighted by atomic mass is 35.5. The number of nitrogens with zero attached hydrogens (tertiary/aromatic N) is 2. The molecule has 1 aromatic rings. The van der Waals surface area contributed by atoms with Crippen molar-refractivity contribution in [2.45, 2.75) is 32.0 Å². The van der Waals surface area contributed by atoms with E-state index in [0.29, 0.717) is 11.5 Å². The molecule has 6 heteroatoms. The summed E-state index contributed by atoms with van der Waals surface area (Å²) in [5.41, 5.74) is 1.19. The van der Waals surface area contributed by atoms with E-state index < -0.39 is 9.84 Å². The number of benzene rings is 1. The predicted molar refractivity (Wildman–Crippen MR) is 90.0 cm³/mol. The van der Waals surface area contributed by atoms with Gasteiger partial charge in [-0.25, -0.2) is 8.42 Å². The van der Waals surface area contributed by atoms with Crippen molar-refractivity contribution in [2.75, 3.05) is 31.1 Å². The topological polar surface area (TPSA) is 40.6 Å². The number of halogens is 1. The molecule has 0 unspecified atom stereocenters. The minimum absolute atomic E-state index is 0.126. The Balaban J connectivity index is 1.77. The molecule has 4 nitrogen and oxygen atoms in total. The van der Waals surface area contributed by atoms with Crippen LogP contribution in [0, 0.1) is 0 Å². The monoisotopic (exact) mass is 342 g/mol. The van der Waals surface area contributed by atoms with Crippen LogP contribution < -0.4 is 0 Å². The van der Waals surface area contributed by atoms with Crippen molar-refractivity contribution in [1.29, 1.82) is 0 Å². The quantitative estimate of drug-likeness (QED) is 0.839. The molecule has 0 aromatic heterocycles. The van der Waals surface area contributed by atoms with Crippen LogP contribution in [-0.2, 0) is 16.4 Å². The molecular weight excluding hydrogens is 320 g/mol. The van der Waals surface area contributed by atoms with E-state index in [4.69, 9.17) is 11.6 Å². The van der Waals surface area contributed by atoms with Gasteiger partial charge in [-0.3, -0.25) is 9.80 Å². The van der Waals surface area contributed by atoms with E-state index in [0.717, 1.165) is 37.6 Å². The molecule has 1 aromatic carbocycles. The summed E-state index contributed by atoms with van der Waals surface area (Å²) in [6.07, 6.45) is 1.07. The minimum atomic E-state index is -2.92. The van der Waals surface area contributed by atoms with Crippen LogP contribution in [0.15, 0.2) is 24.3 Å². The normalized spacial score (nSPS) is 28.6. The molecule has 22 heavy (non-hydrogen) atoms. The molecule has 0 radical (unpaired) electrons. The van der Waals surface area contributed by atoms with Gasteiger partial charge in [0, 0.05) is 36.7 Å². The van der Waals surface area contributed by atoms with Crippen molar-refractivity contribution in [3.05, 3.63) is 34.9 Å². The van der Waals surface area contributed by atoms with Gasteiger partial charge < -0.3 is 0 Å². The summed E-state index contributed by atoms with van der Waals surface area (Å²) in [6, 6.07) is 8.13. The molecule has 0 spiro atoms. The average molecular weight is 343 g/mol. The van der Waals surface area contributed by atoms with Crippen LogP contribution in [0.5, 0.6) is 0 Å². The van der Waals surface area contributed by atoms with Gasteiger partial charge in [-0.1, -0.05) is 30.7 Å². The second kappa shape index (κ2) is 6.48. The Labute approximate surface area is 138 Å². The highest BCUT2D eigenvalue weighted by molar-refractivity contribution is 7.91. The third kappa shape index (κ3) is 3.48. The number of sulfone groups is 1. The second-order valence-electron chi connectivity index (χ2n) is 6.34. The fraction of sp³-hybridized carbons (Fsp3) is 0.625. The summed E-state index contributed by atoms with van der Waals surface area (Å²) in [6.45, 7) is 5.83. The Morgan fingerprint density at radius 1 is 1.09 bits per heavy atom. The first kappa shape index (κ1) is 16.2. The Hall–Kier alpha value is -0.620. The van der Waals surface area contributed by atoms with Crippen molar-refractivity contribution < 1.29 is 8.42 Å². The number of rotatable bonds is 4. The zero-order valence-corrected chi connectivity index (χ0v) is 14.5. The second-order valence-corrected chi connectivity index (χ2v) is 8.93. The van der Waals surface area contributed by atoms with Crippen molar-refractivity contribution >= 4 is 21.4 Å². The molecular formula is C16H23ClN2O2S. The molecule has 0 amide bonds. The van der Waals surface area contributed by atoms with Crippen LogP contribution in [0.1, 0.15) is 18.9 Å². The lowest BCUT2D eigenvalue weighted by molar-refractivity contribution is 0.0405. The maximum absolute atomic E-state index is 12.1. The number of hydrogen-bond donors (Lipinski definition) is 0. The average Bonchev–Trinajstić information content (AvgIpc) is 2.80. The molecule has 2 saturated heterocycles. The SMILES string of the molecule is CCCN1CCN(Cc2ccc(Cl)cc2)[C@H]2CS(=O)(=O)C[C@H]21. The van der Waals surface area contributed by atoms with E-state index in [1.807, 2.05) is 24.3 Å². The van der Waals surface area contributed by atoms with Crippen molar-refractivity contribution in [2.24, 2.45) is 0 Å². The summed E-state index contributed by atoms with van der Waals surface area (Å²) in [7, 11) is -2.92. The van der Waals surface area contributed by atoms with E-state index in [1.54, 1.807) is 0 Å². The van der Waals surface area contributed by atoms with Crippen molar-refractivity contribution in [3.8, 4) is 0 Å². The Bertz CT molecular complexity index is 618. The first-order valence-corrected chi connectivity index (χ1v) is 10.1. The molecule has 2 fully saturated rings. The van der Waals surface area contributed by atoms with Crippen LogP contribution in [0.2, 0.25) is 5.02 Å². The number of fused-ring (bicyclic) bond motifs is 1. The molecule has 0 saturated carbocycles. The lowest BCUT2D eigenvalue weighted by Gasteiger charge is -2.44. The van der Waals surface area contributed by atoms with Crippen LogP contribution in [0.4, 0.5) is 0 Å². The van der Waals surface area contributed by atoms with Gasteiger partial charge in [0.15, 0.2) is 9.84 Å². The summed E-state index contributed by atoms with van der Waals surface area (Å²) in [5.74, 6) is 0.611. The largest absolute Gasteiger partial charge is 0.297 e. The van der Waals surface area contributed by atoms with Crippen LogP contribution in [0.25, 0.3) is 0 Å². The van der Waals surface area contributed by atoms with Crippen molar-refractivity contribution in [3.63, 3.8) is 0 Å². The summed E-state index contributed by atoms with van der Waals surface area (Å²) in [5, 5.41) is 0.734. The molecule has 2 atom stereocenters. The fourth-order valence-corrected chi connectivity index (χ4v) is 5.85. The number of hydrogen-bond acceptors (Lipinski definition) is 4. The maximum Gasteiger partial charge on any atom is 0.153 e. The van der Waals surface area contributed by atoms with Gasteiger partial charge in [0.1, 0.15) is 0 Å². The molecule has 2 aliphatic rings. The third-order valence-corrected chi connectivity index (χ3v) is 6.67. The first-order chi connectivity index (χ1) is 10.5. The van der Waals surface area contributed by atoms with Gasteiger partial charge in [-0.15, -0.1) is 0 Å². The summed E-state index contributed by atoms with van der Waals surface area (Å²) < 4.78 is 24.2. The van der Waals surface area contributed by atoms with Gasteiger partial charge in [0.25, 0.3) is 0 Å². The predicted octanol–water partition coefficient (Wildman–Crippen LogP) is 2.03. The summed E-state index contributed by atoms with van der Waals surface area (Å²) >= 11 is 5.94. The van der Waals surface area contributed by atoms with Crippen LogP contribution in [0.3, 0.4) is 0 Å². The fourth-order valence-electron chi connectivity index (χ4n) is 3.68. The highest BCUT2D eigenvalue weighted by Gasteiger charge is 2.45. The summed E-state index contributed by atoms with van der Waals surface area (Å²) in [4.78, 5) is 4.71. The van der Waals surface area contributed by atoms with Crippen molar-refractivity contribution in [1.82, 2.24) is 9.80 Å². The molecule has 122 valence electrons. The van der Waals surface area contributed by atoms with Gasteiger partial charge in [-0.2, -0.15) is 0 Å². The Kier molecular flexibility index (Phi) is 4.78. The third-order valence-electron chi connectivity index (χ3n) is 4.72. The molecule has 0 N–H and O–H groups in total. The minimum Gasteiger partial charge on any atom is -0.297 e. The van der Waals surface area contributed by atoms with E-state index in [9.17, 15) is 8.42 Å². The number of piperazine rings is 1. The zero-order valence-electron chi connectivity index (χ0n) is 12.9. The van der Waals surface area contributed by atoms with E-state index in [1.165, 1.54) is 5.56 Å². The Morgan fingerprint density at radius 2 is 1.68 bits per heavy atom. The van der Waals surface area contributed by atoms with Gasteiger partial charge >= 0.3 is 0 Å². The maximum atomic E-state index is 12.1. The highest BCUT2D eigenvalue weighted by Crippen LogP contribution is 2.28. The molecule has 2 aliphatic heterocycles. The van der Waals surface area contributed by atoms with Gasteiger partial charge in [-0.05, 0) is 30.7 Å². The lowest BCUT2D eigenvalue weighted by Crippen LogP contribution is -2.58. The van der Waals surface area contributed by atoms with E-state index >= 15 is 0 Å². The molecule has 0 aliphatic carbocycles. The zero-order chi connectivity index (χ0) is 15.7. The molecule has 0 bridgehead atoms. The lowest BCUT2D eigenvalue weighted by atomic mass is 10.0.